The average molecular weight is 423 g/mol. The van der Waals surface area contributed by atoms with Gasteiger partial charge in [-0.25, -0.2) is 14.0 Å². The SMILES string of the molecule is CCC1(O)CCC(C)CC1.CNc1nc(N)nn2ccc(-c3ccc4nccn4n3)c12. The van der Waals surface area contributed by atoms with Crippen LogP contribution in [0.25, 0.3) is 22.4 Å². The van der Waals surface area contributed by atoms with Crippen LogP contribution >= 0.6 is 0 Å². The van der Waals surface area contributed by atoms with Crippen LogP contribution in [0.15, 0.2) is 36.8 Å². The van der Waals surface area contributed by atoms with Gasteiger partial charge < -0.3 is 16.2 Å². The number of aromatic nitrogens is 6. The van der Waals surface area contributed by atoms with E-state index >= 15 is 0 Å². The Balaban J connectivity index is 0.000000196. The van der Waals surface area contributed by atoms with E-state index in [0.717, 1.165) is 47.6 Å². The van der Waals surface area contributed by atoms with Gasteiger partial charge in [0.05, 0.1) is 11.3 Å². The third-order valence-electron chi connectivity index (χ3n) is 6.16. The molecule has 31 heavy (non-hydrogen) atoms. The molecule has 0 bridgehead atoms. The van der Waals surface area contributed by atoms with E-state index in [-0.39, 0.29) is 11.5 Å². The van der Waals surface area contributed by atoms with Gasteiger partial charge >= 0.3 is 0 Å². The first kappa shape index (κ1) is 21.0. The number of imidazole rings is 1. The van der Waals surface area contributed by atoms with Crippen LogP contribution in [-0.2, 0) is 0 Å². The molecular formula is C22H30N8O. The molecule has 4 heterocycles. The molecule has 1 aliphatic rings. The van der Waals surface area contributed by atoms with Gasteiger partial charge in [-0.05, 0) is 56.2 Å². The van der Waals surface area contributed by atoms with Gasteiger partial charge in [-0.2, -0.15) is 10.1 Å². The Morgan fingerprint density at radius 2 is 1.94 bits per heavy atom. The van der Waals surface area contributed by atoms with Crippen LogP contribution in [0.5, 0.6) is 0 Å². The molecule has 5 rings (SSSR count). The maximum atomic E-state index is 9.80. The first-order valence-corrected chi connectivity index (χ1v) is 10.8. The van der Waals surface area contributed by atoms with Crippen LogP contribution in [0.1, 0.15) is 46.0 Å². The lowest BCUT2D eigenvalue weighted by atomic mass is 9.78. The number of nitrogen functional groups attached to an aromatic ring is 1. The maximum absolute atomic E-state index is 9.80. The molecule has 0 aromatic carbocycles. The largest absolute Gasteiger partial charge is 0.390 e. The summed E-state index contributed by atoms with van der Waals surface area (Å²) in [5, 5.41) is 21.6. The van der Waals surface area contributed by atoms with Gasteiger partial charge in [-0.3, -0.25) is 0 Å². The van der Waals surface area contributed by atoms with Gasteiger partial charge in [0.15, 0.2) is 11.5 Å². The smallest absolute Gasteiger partial charge is 0.240 e. The van der Waals surface area contributed by atoms with E-state index in [2.05, 4.69) is 39.3 Å². The van der Waals surface area contributed by atoms with E-state index in [4.69, 9.17) is 5.73 Å². The summed E-state index contributed by atoms with van der Waals surface area (Å²) in [5.74, 6) is 1.72. The predicted octanol–water partition coefficient (Wildman–Crippen LogP) is 3.40. The van der Waals surface area contributed by atoms with Crippen molar-refractivity contribution in [1.82, 2.24) is 29.2 Å². The standard InChI is InChI=1S/C13H12N8.C9H18O/c1-15-12-11-8(4-6-21(11)19-13(14)17-12)9-2-3-10-16-5-7-20(10)18-9;1-3-9(10)6-4-8(2)5-7-9/h2-7H,1H3,(H3,14,15,17,19);8,10H,3-7H2,1-2H3. The van der Waals surface area contributed by atoms with Gasteiger partial charge in [-0.1, -0.05) is 13.8 Å². The zero-order valence-corrected chi connectivity index (χ0v) is 18.3. The highest BCUT2D eigenvalue weighted by Gasteiger charge is 2.29. The van der Waals surface area contributed by atoms with Crippen molar-refractivity contribution in [3.8, 4) is 11.3 Å². The number of nitrogens with two attached hydrogens (primary N) is 1. The minimum atomic E-state index is -0.299. The molecule has 0 saturated heterocycles. The van der Waals surface area contributed by atoms with Gasteiger partial charge in [-0.15, -0.1) is 5.10 Å². The number of fused-ring (bicyclic) bond motifs is 2. The van der Waals surface area contributed by atoms with Crippen molar-refractivity contribution in [2.24, 2.45) is 5.92 Å². The molecule has 1 saturated carbocycles. The predicted molar refractivity (Wildman–Crippen MR) is 122 cm³/mol. The average Bonchev–Trinajstić information content (AvgIpc) is 3.42. The Labute approximate surface area is 181 Å². The molecule has 4 aromatic heterocycles. The molecule has 4 aromatic rings. The summed E-state index contributed by atoms with van der Waals surface area (Å²) in [6.07, 6.45) is 10.8. The van der Waals surface area contributed by atoms with Crippen LogP contribution in [-0.4, -0.2) is 47.0 Å². The number of hydrogen-bond acceptors (Lipinski definition) is 7. The lowest BCUT2D eigenvalue weighted by molar-refractivity contribution is -0.0103. The highest BCUT2D eigenvalue weighted by Crippen LogP contribution is 2.33. The number of nitrogens with one attached hydrogen (secondary N) is 1. The normalized spacial score (nSPS) is 21.1. The van der Waals surface area contributed by atoms with Crippen molar-refractivity contribution in [3.63, 3.8) is 0 Å². The topological polar surface area (TPSA) is 119 Å². The summed E-state index contributed by atoms with van der Waals surface area (Å²) in [6, 6.07) is 5.78. The Morgan fingerprint density at radius 1 is 1.16 bits per heavy atom. The van der Waals surface area contributed by atoms with Crippen LogP contribution in [0.4, 0.5) is 11.8 Å². The molecule has 0 spiro atoms. The second-order valence-electron chi connectivity index (χ2n) is 8.30. The number of hydrogen-bond donors (Lipinski definition) is 3. The monoisotopic (exact) mass is 422 g/mol. The maximum Gasteiger partial charge on any atom is 0.240 e. The molecule has 0 atom stereocenters. The molecule has 0 amide bonds. The summed E-state index contributed by atoms with van der Waals surface area (Å²) in [4.78, 5) is 8.41. The zero-order chi connectivity index (χ0) is 22.0. The van der Waals surface area contributed by atoms with Gasteiger partial charge in [0.1, 0.15) is 5.52 Å². The molecular weight excluding hydrogens is 392 g/mol. The van der Waals surface area contributed by atoms with Crippen LogP contribution in [0.2, 0.25) is 0 Å². The molecule has 9 nitrogen and oxygen atoms in total. The third kappa shape index (κ3) is 4.32. The molecule has 1 aliphatic carbocycles. The number of rotatable bonds is 3. The number of nitrogens with zero attached hydrogens (tertiary/aromatic N) is 6. The summed E-state index contributed by atoms with van der Waals surface area (Å²) >= 11 is 0. The first-order valence-electron chi connectivity index (χ1n) is 10.8. The number of aliphatic hydroxyl groups is 1. The second kappa shape index (κ2) is 8.50. The Kier molecular flexibility index (Phi) is 5.77. The van der Waals surface area contributed by atoms with E-state index in [1.54, 1.807) is 22.3 Å². The van der Waals surface area contributed by atoms with Crippen molar-refractivity contribution >= 4 is 22.9 Å². The molecule has 0 unspecified atom stereocenters. The first-order chi connectivity index (χ1) is 14.9. The highest BCUT2D eigenvalue weighted by atomic mass is 16.3. The van der Waals surface area contributed by atoms with Gasteiger partial charge in [0.25, 0.3) is 0 Å². The Bertz CT molecular complexity index is 1170. The zero-order valence-electron chi connectivity index (χ0n) is 18.3. The summed E-state index contributed by atoms with van der Waals surface area (Å²) in [5.41, 5.74) is 8.77. The quantitative estimate of drug-likeness (QED) is 0.463. The van der Waals surface area contributed by atoms with E-state index < -0.39 is 0 Å². The summed E-state index contributed by atoms with van der Waals surface area (Å²) in [6.45, 7) is 4.35. The van der Waals surface area contributed by atoms with Crippen molar-refractivity contribution in [3.05, 3.63) is 36.8 Å². The van der Waals surface area contributed by atoms with E-state index in [1.807, 2.05) is 30.6 Å². The van der Waals surface area contributed by atoms with E-state index in [1.165, 1.54) is 12.8 Å². The minimum absolute atomic E-state index is 0.215. The van der Waals surface area contributed by atoms with Crippen LogP contribution < -0.4 is 11.1 Å². The Hall–Kier alpha value is -3.20. The third-order valence-corrected chi connectivity index (χ3v) is 6.16. The highest BCUT2D eigenvalue weighted by molar-refractivity contribution is 5.87. The fourth-order valence-corrected chi connectivity index (χ4v) is 4.03. The lowest BCUT2D eigenvalue weighted by Gasteiger charge is -2.33. The summed E-state index contributed by atoms with van der Waals surface area (Å²) < 4.78 is 3.43. The second-order valence-corrected chi connectivity index (χ2v) is 8.30. The molecule has 0 aliphatic heterocycles. The Morgan fingerprint density at radius 3 is 2.65 bits per heavy atom. The molecule has 4 N–H and O–H groups in total. The molecule has 0 radical (unpaired) electrons. The van der Waals surface area contributed by atoms with E-state index in [9.17, 15) is 5.11 Å². The van der Waals surface area contributed by atoms with Crippen molar-refractivity contribution < 1.29 is 5.11 Å². The molecule has 1 fully saturated rings. The van der Waals surface area contributed by atoms with Crippen LogP contribution in [0.3, 0.4) is 0 Å². The van der Waals surface area contributed by atoms with Crippen LogP contribution in [0, 0.1) is 5.92 Å². The van der Waals surface area contributed by atoms with Crippen molar-refractivity contribution in [1.29, 1.82) is 0 Å². The lowest BCUT2D eigenvalue weighted by Crippen LogP contribution is -2.32. The fourth-order valence-electron chi connectivity index (χ4n) is 4.03. The molecule has 164 valence electrons. The minimum Gasteiger partial charge on any atom is -0.390 e. The molecule has 9 heteroatoms. The number of anilines is 2. The summed E-state index contributed by atoms with van der Waals surface area (Å²) in [7, 11) is 1.80. The van der Waals surface area contributed by atoms with Gasteiger partial charge in [0.2, 0.25) is 5.95 Å². The van der Waals surface area contributed by atoms with Crippen molar-refractivity contribution in [2.75, 3.05) is 18.1 Å². The van der Waals surface area contributed by atoms with Gasteiger partial charge in [0, 0.05) is 31.2 Å². The fraction of sp³-hybridized carbons (Fsp3) is 0.455. The van der Waals surface area contributed by atoms with Crippen molar-refractivity contribution in [2.45, 2.75) is 51.6 Å². The van der Waals surface area contributed by atoms with E-state index in [0.29, 0.717) is 5.82 Å².